The molecule has 1 N–H and O–H groups in total. The number of aromatic nitrogens is 1. The molecule has 2 rings (SSSR count). The Morgan fingerprint density at radius 3 is 2.90 bits per heavy atom. The highest BCUT2D eigenvalue weighted by Gasteiger charge is 2.05. The van der Waals surface area contributed by atoms with Crippen molar-refractivity contribution in [1.82, 2.24) is 10.3 Å². The van der Waals surface area contributed by atoms with Crippen LogP contribution in [0.5, 0.6) is 5.75 Å². The summed E-state index contributed by atoms with van der Waals surface area (Å²) in [6, 6.07) is 6.25. The zero-order valence-electron chi connectivity index (χ0n) is 13.1. The average molecular weight is 304 g/mol. The van der Waals surface area contributed by atoms with Crippen molar-refractivity contribution in [2.24, 2.45) is 0 Å². The Morgan fingerprint density at radius 1 is 1.29 bits per heavy atom. The number of unbranched alkanes of at least 4 members (excludes halogenated alkanes) is 1. The Hall–Kier alpha value is -1.39. The maximum atomic E-state index is 5.86. The van der Waals surface area contributed by atoms with Crippen LogP contribution < -0.4 is 10.1 Å². The van der Waals surface area contributed by atoms with Gasteiger partial charge in [0.2, 0.25) is 0 Å². The van der Waals surface area contributed by atoms with Gasteiger partial charge in [0.15, 0.2) is 0 Å². The van der Waals surface area contributed by atoms with Gasteiger partial charge in [0.05, 0.1) is 0 Å². The summed E-state index contributed by atoms with van der Waals surface area (Å²) in [5.41, 5.74) is 2.43. The molecule has 0 fully saturated rings. The Labute approximate surface area is 131 Å². The predicted molar refractivity (Wildman–Crippen MR) is 89.0 cm³/mol. The summed E-state index contributed by atoms with van der Waals surface area (Å²) in [6.45, 7) is 8.90. The molecule has 0 unspecified atom stereocenters. The van der Waals surface area contributed by atoms with E-state index in [1.54, 1.807) is 11.3 Å². The lowest BCUT2D eigenvalue weighted by molar-refractivity contribution is 0.303. The number of hydrogen-bond donors (Lipinski definition) is 1. The lowest BCUT2D eigenvalue weighted by atomic mass is 10.1. The van der Waals surface area contributed by atoms with Crippen LogP contribution >= 0.6 is 11.3 Å². The van der Waals surface area contributed by atoms with E-state index in [-0.39, 0.29) is 0 Å². The monoisotopic (exact) mass is 304 g/mol. The van der Waals surface area contributed by atoms with Crippen LogP contribution in [-0.4, -0.2) is 11.5 Å². The fraction of sp³-hybridized carbons (Fsp3) is 0.471. The van der Waals surface area contributed by atoms with E-state index in [2.05, 4.69) is 43.2 Å². The van der Waals surface area contributed by atoms with Crippen molar-refractivity contribution in [3.63, 3.8) is 0 Å². The molecule has 0 aliphatic rings. The first-order chi connectivity index (χ1) is 10.2. The minimum absolute atomic E-state index is 0.545. The van der Waals surface area contributed by atoms with Crippen LogP contribution in [0, 0.1) is 13.8 Å². The minimum Gasteiger partial charge on any atom is -0.486 e. The van der Waals surface area contributed by atoms with E-state index in [9.17, 15) is 0 Å². The molecule has 21 heavy (non-hydrogen) atoms. The van der Waals surface area contributed by atoms with E-state index in [4.69, 9.17) is 4.74 Å². The molecular formula is C17H24N2OS. The molecule has 114 valence electrons. The Kier molecular flexibility index (Phi) is 6.21. The molecule has 4 heteroatoms. The van der Waals surface area contributed by atoms with Gasteiger partial charge in [-0.2, -0.15) is 0 Å². The largest absolute Gasteiger partial charge is 0.486 e. The molecule has 0 saturated heterocycles. The van der Waals surface area contributed by atoms with Crippen molar-refractivity contribution in [2.45, 2.75) is 46.8 Å². The van der Waals surface area contributed by atoms with E-state index in [1.165, 1.54) is 28.8 Å². The average Bonchev–Trinajstić information content (AvgIpc) is 2.91. The molecule has 0 radical (unpaired) electrons. The van der Waals surface area contributed by atoms with Gasteiger partial charge in [-0.15, -0.1) is 11.3 Å². The number of ether oxygens (including phenoxy) is 1. The third-order valence-corrected chi connectivity index (χ3v) is 4.26. The number of rotatable bonds is 8. The number of benzene rings is 1. The zero-order chi connectivity index (χ0) is 15.1. The molecule has 1 aromatic heterocycles. The minimum atomic E-state index is 0.545. The number of nitrogens with zero attached hydrogens (tertiary/aromatic N) is 1. The maximum Gasteiger partial charge on any atom is 0.140 e. The quantitative estimate of drug-likeness (QED) is 0.741. The van der Waals surface area contributed by atoms with Gasteiger partial charge in [0.25, 0.3) is 0 Å². The highest BCUT2D eigenvalue weighted by atomic mass is 32.1. The highest BCUT2D eigenvalue weighted by Crippen LogP contribution is 2.21. The van der Waals surface area contributed by atoms with Gasteiger partial charge in [-0.25, -0.2) is 4.98 Å². The van der Waals surface area contributed by atoms with Crippen LogP contribution in [0.3, 0.4) is 0 Å². The smallest absolute Gasteiger partial charge is 0.140 e. The molecule has 0 amide bonds. The fourth-order valence-electron chi connectivity index (χ4n) is 2.11. The predicted octanol–water partition coefficient (Wildman–Crippen LogP) is 4.23. The van der Waals surface area contributed by atoms with Gasteiger partial charge in [-0.3, -0.25) is 0 Å². The summed E-state index contributed by atoms with van der Waals surface area (Å²) < 4.78 is 5.86. The maximum absolute atomic E-state index is 5.86. The SMILES string of the molecule is CCCCNCc1cnc(COc2ccc(C)cc2C)s1. The lowest BCUT2D eigenvalue weighted by Gasteiger charge is -2.08. The summed E-state index contributed by atoms with van der Waals surface area (Å²) in [6.07, 6.45) is 4.40. The van der Waals surface area contributed by atoms with Gasteiger partial charge in [0, 0.05) is 17.6 Å². The van der Waals surface area contributed by atoms with Crippen molar-refractivity contribution in [3.8, 4) is 5.75 Å². The van der Waals surface area contributed by atoms with E-state index in [0.29, 0.717) is 6.61 Å². The second kappa shape index (κ2) is 8.15. The molecule has 0 aliphatic heterocycles. The highest BCUT2D eigenvalue weighted by molar-refractivity contribution is 7.11. The molecule has 0 saturated carbocycles. The fourth-order valence-corrected chi connectivity index (χ4v) is 2.92. The summed E-state index contributed by atoms with van der Waals surface area (Å²) in [4.78, 5) is 5.70. The van der Waals surface area contributed by atoms with Gasteiger partial charge in [-0.05, 0) is 38.4 Å². The van der Waals surface area contributed by atoms with Crippen LogP contribution in [0.25, 0.3) is 0 Å². The van der Waals surface area contributed by atoms with E-state index < -0.39 is 0 Å². The second-order valence-electron chi connectivity index (χ2n) is 5.31. The zero-order valence-corrected chi connectivity index (χ0v) is 13.9. The summed E-state index contributed by atoms with van der Waals surface area (Å²) in [5, 5.41) is 4.46. The van der Waals surface area contributed by atoms with E-state index in [0.717, 1.165) is 23.8 Å². The van der Waals surface area contributed by atoms with E-state index in [1.807, 2.05) is 12.3 Å². The lowest BCUT2D eigenvalue weighted by Crippen LogP contribution is -2.13. The van der Waals surface area contributed by atoms with Gasteiger partial charge in [0.1, 0.15) is 17.4 Å². The topological polar surface area (TPSA) is 34.2 Å². The summed E-state index contributed by atoms with van der Waals surface area (Å²) in [5.74, 6) is 0.943. The molecule has 3 nitrogen and oxygen atoms in total. The van der Waals surface area contributed by atoms with Crippen molar-refractivity contribution in [2.75, 3.05) is 6.54 Å². The number of nitrogens with one attached hydrogen (secondary N) is 1. The van der Waals surface area contributed by atoms with Crippen LogP contribution in [0.1, 0.15) is 40.8 Å². The van der Waals surface area contributed by atoms with Gasteiger partial charge < -0.3 is 10.1 Å². The molecule has 1 heterocycles. The molecule has 0 bridgehead atoms. The number of hydrogen-bond acceptors (Lipinski definition) is 4. The van der Waals surface area contributed by atoms with Gasteiger partial charge >= 0.3 is 0 Å². The molecule has 0 aliphatic carbocycles. The molecular weight excluding hydrogens is 280 g/mol. The van der Waals surface area contributed by atoms with E-state index >= 15 is 0 Å². The van der Waals surface area contributed by atoms with Crippen molar-refractivity contribution < 1.29 is 4.74 Å². The normalized spacial score (nSPS) is 10.8. The van der Waals surface area contributed by atoms with Gasteiger partial charge in [-0.1, -0.05) is 31.0 Å². The van der Waals surface area contributed by atoms with Crippen molar-refractivity contribution in [1.29, 1.82) is 0 Å². The third-order valence-electron chi connectivity index (χ3n) is 3.29. The van der Waals surface area contributed by atoms with Crippen LogP contribution in [0.4, 0.5) is 0 Å². The van der Waals surface area contributed by atoms with Crippen LogP contribution in [0.15, 0.2) is 24.4 Å². The van der Waals surface area contributed by atoms with Crippen molar-refractivity contribution in [3.05, 3.63) is 45.4 Å². The molecule has 2 aromatic rings. The third kappa shape index (κ3) is 5.14. The first-order valence-electron chi connectivity index (χ1n) is 7.53. The first kappa shape index (κ1) is 16.0. The second-order valence-corrected chi connectivity index (χ2v) is 6.51. The Balaban J connectivity index is 1.82. The molecule has 1 aromatic carbocycles. The Bertz CT molecular complexity index is 566. The standard InChI is InChI=1S/C17H24N2OS/c1-4-5-8-18-10-15-11-19-17(21-15)12-20-16-7-6-13(2)9-14(16)3/h6-7,9,11,18H,4-5,8,10,12H2,1-3H3. The number of thiazole rings is 1. The van der Waals surface area contributed by atoms with Crippen LogP contribution in [-0.2, 0) is 13.2 Å². The van der Waals surface area contributed by atoms with Crippen molar-refractivity contribution >= 4 is 11.3 Å². The summed E-state index contributed by atoms with van der Waals surface area (Å²) >= 11 is 1.72. The summed E-state index contributed by atoms with van der Waals surface area (Å²) in [7, 11) is 0. The molecule has 0 spiro atoms. The first-order valence-corrected chi connectivity index (χ1v) is 8.35. The van der Waals surface area contributed by atoms with Crippen LogP contribution in [0.2, 0.25) is 0 Å². The number of aryl methyl sites for hydroxylation is 2. The molecule has 0 atom stereocenters. The Morgan fingerprint density at radius 2 is 2.14 bits per heavy atom.